The van der Waals surface area contributed by atoms with E-state index in [1.807, 2.05) is 6.92 Å². The Balaban J connectivity index is 2.93. The fraction of sp³-hybridized carbons (Fsp3) is 0.500. The highest BCUT2D eigenvalue weighted by atomic mass is 32.2. The average Bonchev–Trinajstić information content (AvgIpc) is 2.31. The molecule has 0 aliphatic carbocycles. The van der Waals surface area contributed by atoms with E-state index in [4.69, 9.17) is 10.9 Å². The maximum Gasteiger partial charge on any atom is 0.238 e. The molecular formula is C12H21N3O3S. The molecule has 1 unspecified atom stereocenters. The van der Waals surface area contributed by atoms with E-state index < -0.39 is 10.0 Å². The third-order valence-electron chi connectivity index (χ3n) is 2.95. The molecule has 0 saturated heterocycles. The number of aliphatic hydroxyl groups is 1. The molecule has 6 N–H and O–H groups in total. The summed E-state index contributed by atoms with van der Waals surface area (Å²) in [5, 5.41) is 17.7. The number of hydrogen-bond acceptors (Lipinski definition) is 5. The van der Waals surface area contributed by atoms with E-state index in [1.54, 1.807) is 13.0 Å². The quantitative estimate of drug-likeness (QED) is 0.577. The summed E-state index contributed by atoms with van der Waals surface area (Å²) in [6.45, 7) is 4.09. The lowest BCUT2D eigenvalue weighted by atomic mass is 10.1. The number of anilines is 2. The predicted molar refractivity (Wildman–Crippen MR) is 76.4 cm³/mol. The third-order valence-corrected chi connectivity index (χ3v) is 3.99. The second-order valence-electron chi connectivity index (χ2n) is 4.51. The first-order chi connectivity index (χ1) is 8.75. The Morgan fingerprint density at radius 2 is 2.05 bits per heavy atom. The van der Waals surface area contributed by atoms with Crippen molar-refractivity contribution in [1.82, 2.24) is 0 Å². The molecule has 0 bridgehead atoms. The lowest BCUT2D eigenvalue weighted by Crippen LogP contribution is -2.17. The molecule has 0 heterocycles. The average molecular weight is 287 g/mol. The van der Waals surface area contributed by atoms with Crippen LogP contribution in [0.3, 0.4) is 0 Å². The van der Waals surface area contributed by atoms with Crippen molar-refractivity contribution in [3.8, 4) is 0 Å². The van der Waals surface area contributed by atoms with E-state index in [-0.39, 0.29) is 11.0 Å². The lowest BCUT2D eigenvalue weighted by Gasteiger charge is -2.15. The van der Waals surface area contributed by atoms with Gasteiger partial charge in [0.2, 0.25) is 10.0 Å². The van der Waals surface area contributed by atoms with Crippen LogP contribution < -0.4 is 16.2 Å². The van der Waals surface area contributed by atoms with Crippen LogP contribution in [-0.2, 0) is 10.0 Å². The molecule has 0 radical (unpaired) electrons. The first kappa shape index (κ1) is 15.7. The number of aliphatic hydroxyl groups excluding tert-OH is 1. The zero-order valence-corrected chi connectivity index (χ0v) is 12.0. The smallest absolute Gasteiger partial charge is 0.238 e. The Morgan fingerprint density at radius 3 is 2.58 bits per heavy atom. The zero-order valence-electron chi connectivity index (χ0n) is 11.2. The number of nitrogens with two attached hydrogens (primary N) is 2. The number of benzene rings is 1. The van der Waals surface area contributed by atoms with Gasteiger partial charge in [-0.2, -0.15) is 0 Å². The van der Waals surface area contributed by atoms with Crippen molar-refractivity contribution >= 4 is 21.4 Å². The van der Waals surface area contributed by atoms with Crippen molar-refractivity contribution in [2.75, 3.05) is 17.6 Å². The molecule has 0 fully saturated rings. The zero-order chi connectivity index (χ0) is 14.6. The molecule has 0 spiro atoms. The van der Waals surface area contributed by atoms with Crippen LogP contribution in [0.2, 0.25) is 0 Å². The largest absolute Gasteiger partial charge is 0.399 e. The monoisotopic (exact) mass is 287 g/mol. The number of hydrogen-bond donors (Lipinski definition) is 4. The first-order valence-corrected chi connectivity index (χ1v) is 7.65. The van der Waals surface area contributed by atoms with Crippen LogP contribution in [0, 0.1) is 6.92 Å². The molecule has 0 aromatic heterocycles. The summed E-state index contributed by atoms with van der Waals surface area (Å²) in [5.41, 5.74) is 7.15. The van der Waals surface area contributed by atoms with Gasteiger partial charge in [0.1, 0.15) is 0 Å². The molecule has 7 heteroatoms. The number of primary sulfonamides is 1. The minimum absolute atomic E-state index is 0.0195. The van der Waals surface area contributed by atoms with Crippen LogP contribution in [0.1, 0.15) is 25.3 Å². The van der Waals surface area contributed by atoms with Crippen LogP contribution in [0.15, 0.2) is 17.0 Å². The van der Waals surface area contributed by atoms with Gasteiger partial charge in [0.25, 0.3) is 0 Å². The van der Waals surface area contributed by atoms with Gasteiger partial charge in [0, 0.05) is 17.9 Å². The molecular weight excluding hydrogens is 266 g/mol. The van der Waals surface area contributed by atoms with Gasteiger partial charge in [-0.25, -0.2) is 13.6 Å². The van der Waals surface area contributed by atoms with Gasteiger partial charge in [-0.05, 0) is 37.5 Å². The number of nitrogen functional groups attached to an aromatic ring is 1. The summed E-state index contributed by atoms with van der Waals surface area (Å²) in [5.74, 6) is 0. The minimum Gasteiger partial charge on any atom is -0.399 e. The summed E-state index contributed by atoms with van der Waals surface area (Å²) in [4.78, 5) is 0.0195. The summed E-state index contributed by atoms with van der Waals surface area (Å²) in [6, 6.07) is 3.00. The fourth-order valence-electron chi connectivity index (χ4n) is 1.77. The maximum absolute atomic E-state index is 11.4. The van der Waals surface area contributed by atoms with E-state index in [0.29, 0.717) is 36.3 Å². The minimum atomic E-state index is -3.79. The first-order valence-electron chi connectivity index (χ1n) is 6.10. The molecule has 1 atom stereocenters. The number of nitrogens with one attached hydrogen (secondary N) is 1. The molecule has 0 saturated carbocycles. The molecule has 1 aromatic rings. The molecule has 108 valence electrons. The van der Waals surface area contributed by atoms with Gasteiger partial charge in [0.15, 0.2) is 0 Å². The summed E-state index contributed by atoms with van der Waals surface area (Å²) in [6.07, 6.45) is 0.890. The standard InChI is InChI=1S/C12H21N3O3S/c1-3-10(16)4-5-15-11-6-9(13)7-12(8(11)2)19(14,17)18/h6-7,10,15-16H,3-5,13H2,1-2H3,(H2,14,17,18). The van der Waals surface area contributed by atoms with E-state index >= 15 is 0 Å². The van der Waals surface area contributed by atoms with Gasteiger partial charge < -0.3 is 16.2 Å². The predicted octanol–water partition coefficient (Wildman–Crippen LogP) is 0.798. The third kappa shape index (κ3) is 4.38. The molecule has 0 aliphatic heterocycles. The van der Waals surface area contributed by atoms with Crippen molar-refractivity contribution in [2.45, 2.75) is 37.7 Å². The summed E-state index contributed by atoms with van der Waals surface area (Å²) in [7, 11) is -3.79. The molecule has 19 heavy (non-hydrogen) atoms. The highest BCUT2D eigenvalue weighted by molar-refractivity contribution is 7.89. The van der Waals surface area contributed by atoms with E-state index in [9.17, 15) is 13.5 Å². The van der Waals surface area contributed by atoms with Crippen LogP contribution >= 0.6 is 0 Å². The van der Waals surface area contributed by atoms with Crippen molar-refractivity contribution in [3.05, 3.63) is 17.7 Å². The Kier molecular flexibility index (Phi) is 5.16. The SMILES string of the molecule is CCC(O)CCNc1cc(N)cc(S(N)(=O)=O)c1C. The van der Waals surface area contributed by atoms with E-state index in [0.717, 1.165) is 0 Å². The Labute approximate surface area is 113 Å². The van der Waals surface area contributed by atoms with Gasteiger partial charge in [-0.3, -0.25) is 0 Å². The highest BCUT2D eigenvalue weighted by Gasteiger charge is 2.15. The van der Waals surface area contributed by atoms with Gasteiger partial charge in [0.05, 0.1) is 11.0 Å². The summed E-state index contributed by atoms with van der Waals surface area (Å²) < 4.78 is 22.9. The van der Waals surface area contributed by atoms with Crippen LogP contribution in [0.5, 0.6) is 0 Å². The van der Waals surface area contributed by atoms with Crippen molar-refractivity contribution in [1.29, 1.82) is 0 Å². The van der Waals surface area contributed by atoms with Crippen LogP contribution in [-0.4, -0.2) is 26.2 Å². The lowest BCUT2D eigenvalue weighted by molar-refractivity contribution is 0.164. The topological polar surface area (TPSA) is 118 Å². The number of rotatable bonds is 6. The molecule has 0 aliphatic rings. The normalized spacial score (nSPS) is 13.3. The van der Waals surface area contributed by atoms with Crippen molar-refractivity contribution < 1.29 is 13.5 Å². The Bertz CT molecular complexity index is 543. The summed E-state index contributed by atoms with van der Waals surface area (Å²) >= 11 is 0. The Morgan fingerprint density at radius 1 is 1.42 bits per heavy atom. The van der Waals surface area contributed by atoms with E-state index in [2.05, 4.69) is 5.32 Å². The van der Waals surface area contributed by atoms with E-state index in [1.165, 1.54) is 6.07 Å². The molecule has 0 amide bonds. The van der Waals surface area contributed by atoms with Gasteiger partial charge in [-0.15, -0.1) is 0 Å². The fourth-order valence-corrected chi connectivity index (χ4v) is 2.60. The van der Waals surface area contributed by atoms with Crippen molar-refractivity contribution in [3.63, 3.8) is 0 Å². The van der Waals surface area contributed by atoms with Crippen molar-refractivity contribution in [2.24, 2.45) is 5.14 Å². The second kappa shape index (κ2) is 6.23. The molecule has 1 aromatic carbocycles. The Hall–Kier alpha value is -1.31. The maximum atomic E-state index is 11.4. The molecule has 1 rings (SSSR count). The number of sulfonamides is 1. The van der Waals surface area contributed by atoms with Crippen LogP contribution in [0.25, 0.3) is 0 Å². The van der Waals surface area contributed by atoms with Crippen LogP contribution in [0.4, 0.5) is 11.4 Å². The second-order valence-corrected chi connectivity index (χ2v) is 6.04. The van der Waals surface area contributed by atoms with Gasteiger partial charge in [-0.1, -0.05) is 6.92 Å². The molecule has 6 nitrogen and oxygen atoms in total. The van der Waals surface area contributed by atoms with Gasteiger partial charge >= 0.3 is 0 Å². The highest BCUT2D eigenvalue weighted by Crippen LogP contribution is 2.26.